The predicted molar refractivity (Wildman–Crippen MR) is 69.5 cm³/mol. The molecule has 2 aliphatic rings. The molecule has 4 nitrogen and oxygen atoms in total. The molecule has 1 aliphatic heterocycles. The molecule has 1 atom stereocenters. The lowest BCUT2D eigenvalue weighted by Gasteiger charge is -2.32. The molecule has 18 heavy (non-hydrogen) atoms. The van der Waals surface area contributed by atoms with Crippen molar-refractivity contribution in [3.8, 4) is 12.3 Å². The van der Waals surface area contributed by atoms with E-state index in [2.05, 4.69) is 16.0 Å². The summed E-state index contributed by atoms with van der Waals surface area (Å²) in [5.74, 6) is 0.973. The highest BCUT2D eigenvalue weighted by Crippen LogP contribution is 2.33. The van der Waals surface area contributed by atoms with E-state index in [1.54, 1.807) is 0 Å². The van der Waals surface area contributed by atoms with Crippen LogP contribution in [0.15, 0.2) is 4.99 Å². The van der Waals surface area contributed by atoms with Crippen molar-refractivity contribution in [1.82, 2.24) is 4.90 Å². The molecule has 2 rings (SSSR count). The van der Waals surface area contributed by atoms with E-state index in [0.29, 0.717) is 5.92 Å². The van der Waals surface area contributed by atoms with Crippen molar-refractivity contribution in [1.29, 1.82) is 10.5 Å². The summed E-state index contributed by atoms with van der Waals surface area (Å²) in [6.45, 7) is 1.90. The van der Waals surface area contributed by atoms with Gasteiger partial charge in [0.2, 0.25) is 6.19 Å². The summed E-state index contributed by atoms with van der Waals surface area (Å²) in [5, 5.41) is 18.3. The van der Waals surface area contributed by atoms with E-state index in [1.165, 1.54) is 19.3 Å². The quantitative estimate of drug-likeness (QED) is 0.426. The Hall–Kier alpha value is -1.55. The van der Waals surface area contributed by atoms with E-state index < -0.39 is 0 Å². The molecule has 2 fully saturated rings. The number of likely N-dealkylation sites (tertiary alicyclic amines) is 1. The van der Waals surface area contributed by atoms with Gasteiger partial charge in [-0.1, -0.05) is 12.8 Å². The van der Waals surface area contributed by atoms with E-state index in [1.807, 2.05) is 6.19 Å². The zero-order chi connectivity index (χ0) is 12.8. The Labute approximate surface area is 109 Å². The lowest BCUT2D eigenvalue weighted by molar-refractivity contribution is 0.319. The van der Waals surface area contributed by atoms with Crippen LogP contribution in [0, 0.1) is 34.6 Å². The molecule has 1 saturated carbocycles. The third-order valence-electron chi connectivity index (χ3n) is 4.13. The molecule has 1 saturated heterocycles. The first kappa shape index (κ1) is 12.9. The monoisotopic (exact) mass is 244 g/mol. The summed E-state index contributed by atoms with van der Waals surface area (Å²) in [4.78, 5) is 6.15. The Balaban J connectivity index is 2.15. The average molecular weight is 244 g/mol. The fraction of sp³-hybridized carbons (Fsp3) is 0.786. The topological polar surface area (TPSA) is 63.2 Å². The molecule has 4 heteroatoms. The lowest BCUT2D eigenvalue weighted by atomic mass is 9.89. The highest BCUT2D eigenvalue weighted by Gasteiger charge is 2.32. The van der Waals surface area contributed by atoms with Crippen molar-refractivity contribution >= 4 is 5.84 Å². The maximum absolute atomic E-state index is 9.45. The maximum Gasteiger partial charge on any atom is 0.207 e. The molecule has 1 aliphatic carbocycles. The number of rotatable bonds is 2. The van der Waals surface area contributed by atoms with Gasteiger partial charge in [0.1, 0.15) is 11.8 Å². The van der Waals surface area contributed by atoms with Gasteiger partial charge >= 0.3 is 0 Å². The summed E-state index contributed by atoms with van der Waals surface area (Å²) in [6, 6.07) is 2.40. The number of hydrogen-bond donors (Lipinski definition) is 0. The number of aliphatic imine (C=N–C) groups is 1. The molecule has 0 radical (unpaired) electrons. The molecule has 1 unspecified atom stereocenters. The average Bonchev–Trinajstić information content (AvgIpc) is 2.94. The number of hydrogen-bond acceptors (Lipinski definition) is 3. The maximum atomic E-state index is 9.45. The van der Waals surface area contributed by atoms with E-state index in [4.69, 9.17) is 5.26 Å². The van der Waals surface area contributed by atoms with Gasteiger partial charge < -0.3 is 4.90 Å². The van der Waals surface area contributed by atoms with Crippen LogP contribution in [-0.4, -0.2) is 23.8 Å². The molecular formula is C14H20N4. The second-order valence-corrected chi connectivity index (χ2v) is 5.27. The van der Waals surface area contributed by atoms with Crippen LogP contribution in [0.3, 0.4) is 0 Å². The molecule has 0 aromatic heterocycles. The third-order valence-corrected chi connectivity index (χ3v) is 4.13. The van der Waals surface area contributed by atoms with Crippen LogP contribution in [0.5, 0.6) is 0 Å². The molecule has 0 spiro atoms. The second kappa shape index (κ2) is 6.40. The van der Waals surface area contributed by atoms with E-state index in [0.717, 1.165) is 44.6 Å². The normalized spacial score (nSPS) is 23.4. The zero-order valence-electron chi connectivity index (χ0n) is 10.8. The lowest BCUT2D eigenvalue weighted by Crippen LogP contribution is -2.41. The highest BCUT2D eigenvalue weighted by atomic mass is 15.2. The van der Waals surface area contributed by atoms with Crippen LogP contribution in [0.4, 0.5) is 0 Å². The minimum absolute atomic E-state index is 0.176. The molecule has 0 amide bonds. The number of nitriles is 2. The first-order valence-corrected chi connectivity index (χ1v) is 6.98. The Morgan fingerprint density at radius 3 is 2.28 bits per heavy atom. The Morgan fingerprint density at radius 2 is 1.72 bits per heavy atom. The molecule has 0 N–H and O–H groups in total. The summed E-state index contributed by atoms with van der Waals surface area (Å²) >= 11 is 0. The first-order chi connectivity index (χ1) is 8.86. The van der Waals surface area contributed by atoms with Crippen LogP contribution in [0.2, 0.25) is 0 Å². The van der Waals surface area contributed by atoms with Crippen LogP contribution in [-0.2, 0) is 0 Å². The summed E-state index contributed by atoms with van der Waals surface area (Å²) in [5.41, 5.74) is 0. The van der Waals surface area contributed by atoms with E-state index in [9.17, 15) is 5.26 Å². The van der Waals surface area contributed by atoms with Gasteiger partial charge in [-0.2, -0.15) is 15.5 Å². The molecule has 96 valence electrons. The molecule has 1 heterocycles. The van der Waals surface area contributed by atoms with Crippen molar-refractivity contribution in [3.63, 3.8) is 0 Å². The molecule has 0 aromatic carbocycles. The fourth-order valence-corrected chi connectivity index (χ4v) is 3.18. The van der Waals surface area contributed by atoms with E-state index >= 15 is 0 Å². The van der Waals surface area contributed by atoms with Crippen LogP contribution in [0.1, 0.15) is 44.9 Å². The van der Waals surface area contributed by atoms with Gasteiger partial charge in [0.15, 0.2) is 0 Å². The van der Waals surface area contributed by atoms with Gasteiger partial charge in [-0.05, 0) is 38.0 Å². The summed E-state index contributed by atoms with van der Waals surface area (Å²) in [7, 11) is 0. The largest absolute Gasteiger partial charge is 0.358 e. The van der Waals surface area contributed by atoms with Gasteiger partial charge in [0, 0.05) is 13.1 Å². The van der Waals surface area contributed by atoms with Crippen molar-refractivity contribution in [2.75, 3.05) is 13.1 Å². The van der Waals surface area contributed by atoms with Gasteiger partial charge in [-0.3, -0.25) is 0 Å². The van der Waals surface area contributed by atoms with Crippen LogP contribution < -0.4 is 0 Å². The minimum Gasteiger partial charge on any atom is -0.358 e. The number of nitrogens with zero attached hydrogens (tertiary/aromatic N) is 4. The summed E-state index contributed by atoms with van der Waals surface area (Å²) in [6.07, 6.45) is 10.1. The molecule has 0 aromatic rings. The Bertz CT molecular complexity index is 376. The first-order valence-electron chi connectivity index (χ1n) is 6.98. The van der Waals surface area contributed by atoms with Gasteiger partial charge in [0.25, 0.3) is 0 Å². The van der Waals surface area contributed by atoms with Crippen molar-refractivity contribution in [3.05, 3.63) is 0 Å². The molecule has 0 bridgehead atoms. The molecular weight excluding hydrogens is 224 g/mol. The van der Waals surface area contributed by atoms with Crippen molar-refractivity contribution < 1.29 is 0 Å². The van der Waals surface area contributed by atoms with Crippen LogP contribution >= 0.6 is 0 Å². The highest BCUT2D eigenvalue weighted by molar-refractivity contribution is 5.88. The third kappa shape index (κ3) is 2.82. The fourth-order valence-electron chi connectivity index (χ4n) is 3.18. The van der Waals surface area contributed by atoms with Crippen molar-refractivity contribution in [2.24, 2.45) is 16.8 Å². The van der Waals surface area contributed by atoms with Gasteiger partial charge in [-0.25, -0.2) is 0 Å². The van der Waals surface area contributed by atoms with Gasteiger partial charge in [0.05, 0.1) is 6.07 Å². The number of amidine groups is 1. The Morgan fingerprint density at radius 1 is 1.06 bits per heavy atom. The van der Waals surface area contributed by atoms with Gasteiger partial charge in [-0.15, -0.1) is 0 Å². The van der Waals surface area contributed by atoms with E-state index in [-0.39, 0.29) is 5.92 Å². The minimum atomic E-state index is -0.176. The Kier molecular flexibility index (Phi) is 4.59. The predicted octanol–water partition coefficient (Wildman–Crippen LogP) is 2.68. The number of piperidine rings is 1. The second-order valence-electron chi connectivity index (χ2n) is 5.27. The smallest absolute Gasteiger partial charge is 0.207 e. The van der Waals surface area contributed by atoms with Crippen molar-refractivity contribution in [2.45, 2.75) is 44.9 Å². The summed E-state index contributed by atoms with van der Waals surface area (Å²) < 4.78 is 0. The SMILES string of the molecule is N#CN=C(C(C#N)C1CCCC1)N1CCCCC1. The van der Waals surface area contributed by atoms with Crippen LogP contribution in [0.25, 0.3) is 0 Å². The standard InChI is InChI=1S/C14H20N4/c15-10-13(12-6-2-3-7-12)14(17-11-16)18-8-4-1-5-9-18/h12-13H,1-9H2. The zero-order valence-corrected chi connectivity index (χ0v) is 10.8.